The molecule has 0 unspecified atom stereocenters. The number of amides is 1. The van der Waals surface area contributed by atoms with Gasteiger partial charge in [-0.3, -0.25) is 0 Å². The Morgan fingerprint density at radius 3 is 2.06 bits per heavy atom. The number of ether oxygens (including phenoxy) is 1. The van der Waals surface area contributed by atoms with Gasteiger partial charge in [-0.25, -0.2) is 0 Å². The third kappa shape index (κ3) is 9.56. The topological polar surface area (TPSA) is 29.5 Å². The van der Waals surface area contributed by atoms with E-state index in [1.54, 1.807) is 0 Å². The van der Waals surface area contributed by atoms with E-state index >= 15 is 0 Å². The van der Waals surface area contributed by atoms with Gasteiger partial charge in [-0.05, 0) is 0 Å². The van der Waals surface area contributed by atoms with Crippen LogP contribution >= 0.6 is 22.6 Å². The van der Waals surface area contributed by atoms with Gasteiger partial charge >= 0.3 is 234 Å². The number of carbonyl (C=O) groups excluding carboxylic acids is 1. The molecule has 2 rings (SSSR count). The van der Waals surface area contributed by atoms with Gasteiger partial charge < -0.3 is 0 Å². The fourth-order valence-corrected chi connectivity index (χ4v) is 20.0. The molecule has 0 radical (unpaired) electrons. The molecule has 0 bridgehead atoms. The summed E-state index contributed by atoms with van der Waals surface area (Å²) in [5, 5.41) is 2.36. The Kier molecular flexibility index (Phi) is 12.9. The number of carbonyl (C=O) groups is 1. The number of unbranched alkanes of at least 4 members (excludes halogenated alkanes) is 3. The molecule has 0 heterocycles. The van der Waals surface area contributed by atoms with Crippen LogP contribution in [0.1, 0.15) is 80.1 Å². The second-order valence-corrected chi connectivity index (χ2v) is 24.9. The third-order valence-corrected chi connectivity index (χ3v) is 22.0. The first kappa shape index (κ1) is 30.5. The Morgan fingerprint density at radius 2 is 1.51 bits per heavy atom. The molecule has 0 aliphatic carbocycles. The van der Waals surface area contributed by atoms with E-state index in [1.807, 2.05) is 25.7 Å². The maximum absolute atomic E-state index is 13.4. The quantitative estimate of drug-likeness (QED) is 0.154. The Labute approximate surface area is 232 Å². The Hall–Kier alpha value is -0.761. The zero-order valence-electron chi connectivity index (χ0n) is 22.8. The molecule has 0 aliphatic rings. The van der Waals surface area contributed by atoms with Gasteiger partial charge in [0.2, 0.25) is 0 Å². The summed E-state index contributed by atoms with van der Waals surface area (Å²) >= 11 is -0.0337. The molecule has 194 valence electrons. The van der Waals surface area contributed by atoms with Gasteiger partial charge in [-0.15, -0.1) is 0 Å². The molecule has 0 aromatic heterocycles. The van der Waals surface area contributed by atoms with Gasteiger partial charge in [-0.2, -0.15) is 0 Å². The van der Waals surface area contributed by atoms with Crippen LogP contribution in [0.5, 0.6) is 0 Å². The molecule has 2 aromatic rings. The molecule has 35 heavy (non-hydrogen) atoms. The predicted molar refractivity (Wildman–Crippen MR) is 164 cm³/mol. The van der Waals surface area contributed by atoms with E-state index in [2.05, 4.69) is 89.9 Å². The van der Waals surface area contributed by atoms with Gasteiger partial charge in [0.1, 0.15) is 0 Å². The van der Waals surface area contributed by atoms with E-state index in [9.17, 15) is 4.79 Å². The average Bonchev–Trinajstić information content (AvgIpc) is 2.82. The first-order chi connectivity index (χ1) is 16.7. The van der Waals surface area contributed by atoms with Crippen LogP contribution in [-0.4, -0.2) is 36.6 Å². The summed E-state index contributed by atoms with van der Waals surface area (Å²) in [6, 6.07) is 12.6. The predicted octanol–water partition coefficient (Wildman–Crippen LogP) is 10.1. The minimum absolute atomic E-state index is 0.271. The van der Waals surface area contributed by atoms with Crippen molar-refractivity contribution in [2.75, 3.05) is 11.4 Å². The van der Waals surface area contributed by atoms with Crippen molar-refractivity contribution >= 4 is 63.5 Å². The zero-order chi connectivity index (χ0) is 25.9. The zero-order valence-corrected chi connectivity index (χ0v) is 27.8. The van der Waals surface area contributed by atoms with Gasteiger partial charge in [0, 0.05) is 0 Å². The second-order valence-electron chi connectivity index (χ2n) is 10.8. The maximum atomic E-state index is 13.4. The van der Waals surface area contributed by atoms with Crippen LogP contribution in [0.25, 0.3) is 10.8 Å². The summed E-state index contributed by atoms with van der Waals surface area (Å²) in [7, 11) is 0. The van der Waals surface area contributed by atoms with E-state index < -0.39 is 24.0 Å². The average molecular weight is 698 g/mol. The number of halogens is 1. The summed E-state index contributed by atoms with van der Waals surface area (Å²) in [6.07, 6.45) is 9.88. The number of benzene rings is 2. The van der Waals surface area contributed by atoms with Crippen molar-refractivity contribution in [2.45, 2.75) is 99.0 Å². The van der Waals surface area contributed by atoms with Crippen molar-refractivity contribution in [1.29, 1.82) is 0 Å². The van der Waals surface area contributed by atoms with Crippen LogP contribution in [0.15, 0.2) is 46.6 Å². The molecule has 1 amide bonds. The number of anilines is 1. The summed E-state index contributed by atoms with van der Waals surface area (Å²) in [6.45, 7) is 13.3. The van der Waals surface area contributed by atoms with Crippen LogP contribution in [-0.2, 0) is 4.74 Å². The molecule has 3 nitrogen and oxygen atoms in total. The van der Waals surface area contributed by atoms with Crippen LogP contribution in [0.4, 0.5) is 10.5 Å². The van der Waals surface area contributed by atoms with Crippen LogP contribution in [0, 0.1) is 3.57 Å². The Balaban J connectivity index is 2.42. The molecule has 0 atom stereocenters. The van der Waals surface area contributed by atoms with Crippen molar-refractivity contribution in [2.24, 2.45) is 0 Å². The van der Waals surface area contributed by atoms with Crippen LogP contribution in [0.2, 0.25) is 13.3 Å². The molecular weight excluding hydrogens is 652 g/mol. The van der Waals surface area contributed by atoms with Crippen molar-refractivity contribution < 1.29 is 9.53 Å². The summed E-state index contributed by atoms with van der Waals surface area (Å²) in [5.41, 5.74) is 0.396. The third-order valence-electron chi connectivity index (χ3n) is 6.59. The number of hydrogen-bond acceptors (Lipinski definition) is 2. The molecular formula is C30H46INO2Sn. The van der Waals surface area contributed by atoms with Crippen LogP contribution in [0.3, 0.4) is 0 Å². The Bertz CT molecular complexity index is 945. The molecule has 0 saturated carbocycles. The van der Waals surface area contributed by atoms with E-state index in [1.165, 1.54) is 62.6 Å². The second kappa shape index (κ2) is 14.8. The summed E-state index contributed by atoms with van der Waals surface area (Å²) < 4.78 is 13.9. The fraction of sp³-hybridized carbons (Fsp3) is 0.567. The summed E-state index contributed by atoms with van der Waals surface area (Å²) in [4.78, 5) is 15.2. The fourth-order valence-electron chi connectivity index (χ4n) is 4.64. The molecule has 2 aromatic carbocycles. The van der Waals surface area contributed by atoms with Crippen LogP contribution < -0.4 is 4.90 Å². The van der Waals surface area contributed by atoms with Gasteiger partial charge in [0.25, 0.3) is 0 Å². The molecule has 0 saturated heterocycles. The number of rotatable bonds is 13. The molecule has 5 heteroatoms. The minimum atomic E-state index is -2.42. The van der Waals surface area contributed by atoms with E-state index in [-0.39, 0.29) is 6.09 Å². The normalized spacial score (nSPS) is 12.4. The number of hydrogen-bond donors (Lipinski definition) is 0. The summed E-state index contributed by atoms with van der Waals surface area (Å²) in [5.74, 6) is 0. The van der Waals surface area contributed by atoms with E-state index in [0.717, 1.165) is 9.26 Å². The van der Waals surface area contributed by atoms with Crippen molar-refractivity contribution in [3.05, 3.63) is 50.1 Å². The standard InChI is InChI=1S/C18H19INO2.3C4H9.Sn/c1-5-12-20(17(21)22-18(2,3)4)15-11-10-13-8-6-7-9-14(13)16(15)19;3*1-3-4-2;/h1,5-11H,12H2,2-4H3;3*1,3-4H2,2H3;. The number of fused-ring (bicyclic) bond motifs is 1. The van der Waals surface area contributed by atoms with Crippen molar-refractivity contribution in [3.63, 3.8) is 0 Å². The van der Waals surface area contributed by atoms with Crippen molar-refractivity contribution in [3.8, 4) is 0 Å². The van der Waals surface area contributed by atoms with Crippen molar-refractivity contribution in [1.82, 2.24) is 0 Å². The molecule has 0 spiro atoms. The SMILES string of the molecule is CCC[CH2][Sn](/[CH]=C\CN(C(=O)OC(C)(C)C)c1ccc2ccccc2c1I)([CH2]CCC)[CH2]CCC. The van der Waals surface area contributed by atoms with Gasteiger partial charge in [-0.1, -0.05) is 0 Å². The first-order valence-corrected chi connectivity index (χ1v) is 22.3. The first-order valence-electron chi connectivity index (χ1n) is 13.5. The Morgan fingerprint density at radius 1 is 0.943 bits per heavy atom. The van der Waals surface area contributed by atoms with Gasteiger partial charge in [0.05, 0.1) is 0 Å². The van der Waals surface area contributed by atoms with Gasteiger partial charge in [0.15, 0.2) is 0 Å². The number of nitrogens with zero attached hydrogens (tertiary/aromatic N) is 1. The molecule has 0 N–H and O–H groups in total. The molecule has 0 fully saturated rings. The van der Waals surface area contributed by atoms with E-state index in [4.69, 9.17) is 4.74 Å². The molecule has 0 aliphatic heterocycles. The monoisotopic (exact) mass is 699 g/mol. The van der Waals surface area contributed by atoms with E-state index in [0.29, 0.717) is 6.54 Å².